The van der Waals surface area contributed by atoms with Gasteiger partial charge in [-0.1, -0.05) is 6.07 Å². The third kappa shape index (κ3) is 1.66. The minimum absolute atomic E-state index is 0.0229. The molecule has 0 saturated carbocycles. The van der Waals surface area contributed by atoms with E-state index >= 15 is 0 Å². The molecule has 0 radical (unpaired) electrons. The zero-order chi connectivity index (χ0) is 10.8. The summed E-state index contributed by atoms with van der Waals surface area (Å²) in [5, 5.41) is 4.14. The number of pyridine rings is 1. The fraction of sp³-hybridized carbons (Fsp3) is 0.182. The summed E-state index contributed by atoms with van der Waals surface area (Å²) in [5.74, 6) is 0.747. The minimum Gasteiger partial charge on any atom is -0.294 e. The molecule has 2 rings (SSSR count). The Bertz CT molecular complexity index is 488. The van der Waals surface area contributed by atoms with Gasteiger partial charge in [-0.05, 0) is 26.0 Å². The highest BCUT2D eigenvalue weighted by atomic mass is 16.1. The number of hydrogen-bond donors (Lipinski definition) is 0. The number of hydrogen-bond acceptors (Lipinski definition) is 3. The van der Waals surface area contributed by atoms with Crippen LogP contribution in [0.3, 0.4) is 0 Å². The van der Waals surface area contributed by atoms with Gasteiger partial charge in [-0.25, -0.2) is 9.67 Å². The van der Waals surface area contributed by atoms with Crippen molar-refractivity contribution in [2.75, 3.05) is 0 Å². The number of carbonyl (C=O) groups is 1. The number of aromatic nitrogens is 3. The predicted octanol–water partition coefficient (Wildman–Crippen LogP) is 1.78. The summed E-state index contributed by atoms with van der Waals surface area (Å²) in [6.45, 7) is 3.39. The van der Waals surface area contributed by atoms with E-state index in [9.17, 15) is 4.79 Å². The van der Waals surface area contributed by atoms with Gasteiger partial charge < -0.3 is 0 Å². The van der Waals surface area contributed by atoms with Crippen LogP contribution in [0.5, 0.6) is 0 Å². The molecule has 0 aliphatic rings. The van der Waals surface area contributed by atoms with E-state index in [0.29, 0.717) is 5.56 Å². The molecule has 0 aromatic carbocycles. The Morgan fingerprint density at radius 2 is 2.20 bits per heavy atom. The molecule has 0 atom stereocenters. The Kier molecular flexibility index (Phi) is 2.33. The maximum atomic E-state index is 11.2. The first-order valence-electron chi connectivity index (χ1n) is 4.67. The molecule has 0 amide bonds. The second-order valence-electron chi connectivity index (χ2n) is 3.30. The lowest BCUT2D eigenvalue weighted by atomic mass is 10.2. The second-order valence-corrected chi connectivity index (χ2v) is 3.30. The van der Waals surface area contributed by atoms with E-state index in [-0.39, 0.29) is 5.78 Å². The highest BCUT2D eigenvalue weighted by molar-refractivity contribution is 5.94. The van der Waals surface area contributed by atoms with Crippen molar-refractivity contribution in [2.45, 2.75) is 13.8 Å². The zero-order valence-electron chi connectivity index (χ0n) is 8.64. The van der Waals surface area contributed by atoms with Gasteiger partial charge in [-0.2, -0.15) is 5.10 Å². The van der Waals surface area contributed by atoms with Crippen molar-refractivity contribution in [3.63, 3.8) is 0 Å². The average Bonchev–Trinajstić information content (AvgIpc) is 2.61. The van der Waals surface area contributed by atoms with Gasteiger partial charge in [0.1, 0.15) is 0 Å². The fourth-order valence-corrected chi connectivity index (χ4v) is 1.47. The Morgan fingerprint density at radius 3 is 2.73 bits per heavy atom. The number of nitrogens with zero attached hydrogens (tertiary/aromatic N) is 3. The molecule has 15 heavy (non-hydrogen) atoms. The van der Waals surface area contributed by atoms with E-state index in [4.69, 9.17) is 0 Å². The van der Waals surface area contributed by atoms with Crippen LogP contribution in [0.1, 0.15) is 23.0 Å². The summed E-state index contributed by atoms with van der Waals surface area (Å²) in [7, 11) is 0. The molecule has 76 valence electrons. The molecule has 2 aromatic rings. The first kappa shape index (κ1) is 9.58. The van der Waals surface area contributed by atoms with Crippen molar-refractivity contribution in [2.24, 2.45) is 0 Å². The molecule has 0 fully saturated rings. The summed E-state index contributed by atoms with van der Waals surface area (Å²) in [5.41, 5.74) is 1.46. The van der Waals surface area contributed by atoms with Gasteiger partial charge in [0.05, 0.1) is 17.5 Å². The van der Waals surface area contributed by atoms with Crippen LogP contribution in [0.2, 0.25) is 0 Å². The molecule has 0 aliphatic heterocycles. The number of Topliss-reactive ketones (excluding diaryl/α,β-unsaturated/α-hetero) is 1. The van der Waals surface area contributed by atoms with Crippen LogP contribution in [0.25, 0.3) is 5.82 Å². The van der Waals surface area contributed by atoms with Gasteiger partial charge in [0.2, 0.25) is 0 Å². The molecule has 0 saturated heterocycles. The van der Waals surface area contributed by atoms with Crippen LogP contribution in [0.15, 0.2) is 30.6 Å². The number of rotatable bonds is 2. The van der Waals surface area contributed by atoms with E-state index in [1.807, 2.05) is 25.1 Å². The average molecular weight is 201 g/mol. The third-order valence-corrected chi connectivity index (χ3v) is 2.26. The molecule has 2 heterocycles. The highest BCUT2D eigenvalue weighted by Gasteiger charge is 2.11. The highest BCUT2D eigenvalue weighted by Crippen LogP contribution is 2.12. The first-order chi connectivity index (χ1) is 7.20. The fourth-order valence-electron chi connectivity index (χ4n) is 1.47. The predicted molar refractivity (Wildman–Crippen MR) is 56.1 cm³/mol. The molecular weight excluding hydrogens is 190 g/mol. The molecule has 0 N–H and O–H groups in total. The largest absolute Gasteiger partial charge is 0.294 e. The molecule has 4 nitrogen and oxygen atoms in total. The van der Waals surface area contributed by atoms with E-state index in [1.54, 1.807) is 17.1 Å². The quantitative estimate of drug-likeness (QED) is 0.696. The van der Waals surface area contributed by atoms with Gasteiger partial charge in [-0.3, -0.25) is 4.79 Å². The lowest BCUT2D eigenvalue weighted by Crippen LogP contribution is -2.02. The van der Waals surface area contributed by atoms with E-state index in [0.717, 1.165) is 11.5 Å². The maximum absolute atomic E-state index is 11.2. The van der Waals surface area contributed by atoms with Gasteiger partial charge in [-0.15, -0.1) is 0 Å². The van der Waals surface area contributed by atoms with Crippen molar-refractivity contribution in [1.82, 2.24) is 14.8 Å². The van der Waals surface area contributed by atoms with Crippen molar-refractivity contribution in [3.8, 4) is 5.82 Å². The molecular formula is C11H11N3O. The van der Waals surface area contributed by atoms with Crippen LogP contribution in [0.4, 0.5) is 0 Å². The van der Waals surface area contributed by atoms with Crippen LogP contribution < -0.4 is 0 Å². The summed E-state index contributed by atoms with van der Waals surface area (Å²) < 4.78 is 1.66. The lowest BCUT2D eigenvalue weighted by Gasteiger charge is -2.02. The van der Waals surface area contributed by atoms with Gasteiger partial charge >= 0.3 is 0 Å². The summed E-state index contributed by atoms with van der Waals surface area (Å²) in [6.07, 6.45) is 3.27. The molecule has 0 spiro atoms. The van der Waals surface area contributed by atoms with Crippen LogP contribution >= 0.6 is 0 Å². The van der Waals surface area contributed by atoms with Crippen LogP contribution in [-0.2, 0) is 0 Å². The van der Waals surface area contributed by atoms with Crippen molar-refractivity contribution >= 4 is 5.78 Å². The van der Waals surface area contributed by atoms with Gasteiger partial charge in [0.15, 0.2) is 11.6 Å². The lowest BCUT2D eigenvalue weighted by molar-refractivity contribution is 0.101. The van der Waals surface area contributed by atoms with Crippen LogP contribution in [0, 0.1) is 6.92 Å². The standard InChI is InChI=1S/C11H11N3O/c1-8-10(9(2)15)7-13-14(8)11-5-3-4-6-12-11/h3-7H,1-2H3. The van der Waals surface area contributed by atoms with E-state index < -0.39 is 0 Å². The van der Waals surface area contributed by atoms with Crippen molar-refractivity contribution in [3.05, 3.63) is 41.9 Å². The topological polar surface area (TPSA) is 47.8 Å². The molecule has 0 unspecified atom stereocenters. The smallest absolute Gasteiger partial charge is 0.163 e. The Labute approximate surface area is 87.6 Å². The monoisotopic (exact) mass is 201 g/mol. The zero-order valence-corrected chi connectivity index (χ0v) is 8.64. The normalized spacial score (nSPS) is 10.3. The van der Waals surface area contributed by atoms with Gasteiger partial charge in [0, 0.05) is 6.20 Å². The van der Waals surface area contributed by atoms with E-state index in [1.165, 1.54) is 6.92 Å². The van der Waals surface area contributed by atoms with Crippen molar-refractivity contribution < 1.29 is 4.79 Å². The van der Waals surface area contributed by atoms with Crippen molar-refractivity contribution in [1.29, 1.82) is 0 Å². The molecule has 2 aromatic heterocycles. The SMILES string of the molecule is CC(=O)c1cnn(-c2ccccn2)c1C. The van der Waals surface area contributed by atoms with E-state index in [2.05, 4.69) is 10.1 Å². The summed E-state index contributed by atoms with van der Waals surface area (Å²) >= 11 is 0. The molecule has 0 bridgehead atoms. The summed E-state index contributed by atoms with van der Waals surface area (Å²) in [4.78, 5) is 15.4. The summed E-state index contributed by atoms with van der Waals surface area (Å²) in [6, 6.07) is 5.58. The Morgan fingerprint density at radius 1 is 1.40 bits per heavy atom. The maximum Gasteiger partial charge on any atom is 0.163 e. The Hall–Kier alpha value is -1.97. The first-order valence-corrected chi connectivity index (χ1v) is 4.67. The molecule has 0 aliphatic carbocycles. The van der Waals surface area contributed by atoms with Crippen LogP contribution in [-0.4, -0.2) is 20.5 Å². The van der Waals surface area contributed by atoms with Gasteiger partial charge in [0.25, 0.3) is 0 Å². The Balaban J connectivity index is 2.52. The third-order valence-electron chi connectivity index (χ3n) is 2.26. The minimum atomic E-state index is 0.0229. The number of ketones is 1. The molecule has 4 heteroatoms. The number of carbonyl (C=O) groups excluding carboxylic acids is 1. The second kappa shape index (κ2) is 3.65.